The fourth-order valence-corrected chi connectivity index (χ4v) is 1.44. The number of aliphatic carboxylic acids is 1. The minimum Gasteiger partial charge on any atom is -0.481 e. The second-order valence-corrected chi connectivity index (χ2v) is 4.01. The molecule has 1 aromatic heterocycles. The maximum Gasteiger partial charge on any atom is 0.300 e. The molecule has 0 bridgehead atoms. The first-order valence-electron chi connectivity index (χ1n) is 6.31. The molecule has 1 N–H and O–H groups in total. The van der Waals surface area contributed by atoms with Gasteiger partial charge in [0.15, 0.2) is 0 Å². The SMILES string of the molecule is CC(=O)O.CCCCc1nccn1CCCC. The van der Waals surface area contributed by atoms with E-state index >= 15 is 0 Å². The predicted octanol–water partition coefficient (Wildman–Crippen LogP) is 3.12. The fourth-order valence-electron chi connectivity index (χ4n) is 1.44. The Morgan fingerprint density at radius 3 is 2.47 bits per heavy atom. The van der Waals surface area contributed by atoms with Gasteiger partial charge in [0, 0.05) is 32.3 Å². The lowest BCUT2D eigenvalue weighted by molar-refractivity contribution is -0.134. The topological polar surface area (TPSA) is 55.1 Å². The monoisotopic (exact) mass is 240 g/mol. The summed E-state index contributed by atoms with van der Waals surface area (Å²) in [5, 5.41) is 7.42. The smallest absolute Gasteiger partial charge is 0.300 e. The van der Waals surface area contributed by atoms with E-state index in [4.69, 9.17) is 9.90 Å². The molecule has 4 heteroatoms. The highest BCUT2D eigenvalue weighted by Crippen LogP contribution is 2.05. The van der Waals surface area contributed by atoms with Crippen LogP contribution < -0.4 is 0 Å². The van der Waals surface area contributed by atoms with Crippen molar-refractivity contribution in [2.45, 2.75) is 59.4 Å². The first-order valence-corrected chi connectivity index (χ1v) is 6.31. The van der Waals surface area contributed by atoms with E-state index in [0.29, 0.717) is 0 Å². The van der Waals surface area contributed by atoms with Gasteiger partial charge >= 0.3 is 0 Å². The molecular weight excluding hydrogens is 216 g/mol. The van der Waals surface area contributed by atoms with Gasteiger partial charge in [-0.05, 0) is 12.8 Å². The summed E-state index contributed by atoms with van der Waals surface area (Å²) < 4.78 is 2.29. The Labute approximate surface area is 104 Å². The van der Waals surface area contributed by atoms with Gasteiger partial charge < -0.3 is 9.67 Å². The van der Waals surface area contributed by atoms with E-state index in [1.165, 1.54) is 31.5 Å². The molecule has 0 saturated carbocycles. The third kappa shape index (κ3) is 8.48. The normalized spacial score (nSPS) is 9.59. The highest BCUT2D eigenvalue weighted by atomic mass is 16.4. The van der Waals surface area contributed by atoms with Gasteiger partial charge in [-0.3, -0.25) is 4.79 Å². The molecule has 0 spiro atoms. The van der Waals surface area contributed by atoms with Gasteiger partial charge in [0.1, 0.15) is 5.82 Å². The van der Waals surface area contributed by atoms with E-state index in [0.717, 1.165) is 19.9 Å². The van der Waals surface area contributed by atoms with Crippen LogP contribution in [0.1, 0.15) is 52.3 Å². The molecule has 0 amide bonds. The number of imidazole rings is 1. The highest BCUT2D eigenvalue weighted by Gasteiger charge is 2.00. The Morgan fingerprint density at radius 1 is 1.35 bits per heavy atom. The molecule has 98 valence electrons. The summed E-state index contributed by atoms with van der Waals surface area (Å²) in [7, 11) is 0. The lowest BCUT2D eigenvalue weighted by atomic mass is 10.2. The Kier molecular flexibility index (Phi) is 9.11. The van der Waals surface area contributed by atoms with Gasteiger partial charge in [-0.2, -0.15) is 0 Å². The molecular formula is C13H24N2O2. The first-order chi connectivity index (χ1) is 8.11. The van der Waals surface area contributed by atoms with Gasteiger partial charge in [0.2, 0.25) is 0 Å². The number of rotatable bonds is 6. The second-order valence-electron chi connectivity index (χ2n) is 4.01. The zero-order chi connectivity index (χ0) is 13.1. The molecule has 0 unspecified atom stereocenters. The number of nitrogens with zero attached hydrogens (tertiary/aromatic N) is 2. The Balaban J connectivity index is 0.000000557. The molecule has 0 atom stereocenters. The average Bonchev–Trinajstić information content (AvgIpc) is 2.70. The molecule has 0 aromatic carbocycles. The lowest BCUT2D eigenvalue weighted by Crippen LogP contribution is -2.02. The summed E-state index contributed by atoms with van der Waals surface area (Å²) in [5.74, 6) is 0.426. The van der Waals surface area contributed by atoms with Gasteiger partial charge in [-0.25, -0.2) is 4.98 Å². The first kappa shape index (κ1) is 15.7. The molecule has 0 aliphatic carbocycles. The highest BCUT2D eigenvalue weighted by molar-refractivity contribution is 5.62. The van der Waals surface area contributed by atoms with E-state index in [1.54, 1.807) is 0 Å². The van der Waals surface area contributed by atoms with Crippen molar-refractivity contribution < 1.29 is 9.90 Å². The second kappa shape index (κ2) is 9.87. The Bertz CT molecular complexity index is 282. The predicted molar refractivity (Wildman–Crippen MR) is 69.1 cm³/mol. The molecule has 17 heavy (non-hydrogen) atoms. The van der Waals surface area contributed by atoms with E-state index in [9.17, 15) is 0 Å². The van der Waals surface area contributed by atoms with Gasteiger partial charge in [-0.15, -0.1) is 0 Å². The van der Waals surface area contributed by atoms with Crippen molar-refractivity contribution in [3.8, 4) is 0 Å². The summed E-state index contributed by atoms with van der Waals surface area (Å²) in [6.07, 6.45) is 10.2. The van der Waals surface area contributed by atoms with E-state index < -0.39 is 5.97 Å². The van der Waals surface area contributed by atoms with Gasteiger partial charge in [0.25, 0.3) is 5.97 Å². The van der Waals surface area contributed by atoms with Crippen LogP contribution in [0.5, 0.6) is 0 Å². The lowest BCUT2D eigenvalue weighted by Gasteiger charge is -2.05. The van der Waals surface area contributed by atoms with Crippen LogP contribution in [0.4, 0.5) is 0 Å². The van der Waals surface area contributed by atoms with Crippen molar-refractivity contribution in [3.05, 3.63) is 18.2 Å². The zero-order valence-corrected chi connectivity index (χ0v) is 11.1. The average molecular weight is 240 g/mol. The molecule has 1 rings (SSSR count). The van der Waals surface area contributed by atoms with Crippen LogP contribution in [0, 0.1) is 0 Å². The van der Waals surface area contributed by atoms with E-state index in [-0.39, 0.29) is 0 Å². The van der Waals surface area contributed by atoms with Crippen molar-refractivity contribution >= 4 is 5.97 Å². The molecule has 0 aliphatic heterocycles. The van der Waals surface area contributed by atoms with Gasteiger partial charge in [0.05, 0.1) is 0 Å². The minimum absolute atomic E-state index is 0.833. The van der Waals surface area contributed by atoms with Crippen LogP contribution in [0.3, 0.4) is 0 Å². The summed E-state index contributed by atoms with van der Waals surface area (Å²) >= 11 is 0. The number of hydrogen-bond donors (Lipinski definition) is 1. The van der Waals surface area contributed by atoms with Crippen molar-refractivity contribution in [1.82, 2.24) is 9.55 Å². The molecule has 1 heterocycles. The zero-order valence-electron chi connectivity index (χ0n) is 11.1. The van der Waals surface area contributed by atoms with E-state index in [2.05, 4.69) is 29.6 Å². The van der Waals surface area contributed by atoms with Crippen LogP contribution in [-0.4, -0.2) is 20.6 Å². The number of hydrogen-bond acceptors (Lipinski definition) is 2. The quantitative estimate of drug-likeness (QED) is 0.831. The summed E-state index contributed by atoms with van der Waals surface area (Å²) in [6, 6.07) is 0. The minimum atomic E-state index is -0.833. The molecule has 4 nitrogen and oxygen atoms in total. The number of aromatic nitrogens is 2. The van der Waals surface area contributed by atoms with Crippen LogP contribution >= 0.6 is 0 Å². The fraction of sp³-hybridized carbons (Fsp3) is 0.692. The summed E-state index contributed by atoms with van der Waals surface area (Å²) in [4.78, 5) is 13.4. The number of carbonyl (C=O) groups is 1. The molecule has 0 radical (unpaired) electrons. The largest absolute Gasteiger partial charge is 0.481 e. The van der Waals surface area contributed by atoms with Crippen molar-refractivity contribution in [3.63, 3.8) is 0 Å². The van der Waals surface area contributed by atoms with Crippen molar-refractivity contribution in [1.29, 1.82) is 0 Å². The molecule has 0 saturated heterocycles. The maximum atomic E-state index is 9.00. The van der Waals surface area contributed by atoms with Crippen LogP contribution in [0.15, 0.2) is 12.4 Å². The maximum absolute atomic E-state index is 9.00. The van der Waals surface area contributed by atoms with Crippen LogP contribution in [0.2, 0.25) is 0 Å². The Morgan fingerprint density at radius 2 is 1.94 bits per heavy atom. The van der Waals surface area contributed by atoms with Gasteiger partial charge in [-0.1, -0.05) is 26.7 Å². The number of aryl methyl sites for hydroxylation is 2. The summed E-state index contributed by atoms with van der Waals surface area (Å²) in [5.41, 5.74) is 0. The summed E-state index contributed by atoms with van der Waals surface area (Å²) in [6.45, 7) is 6.66. The number of unbranched alkanes of at least 4 members (excludes halogenated alkanes) is 2. The number of carboxylic acid groups (broad SMARTS) is 1. The molecule has 1 aromatic rings. The van der Waals surface area contributed by atoms with E-state index in [1.807, 2.05) is 6.20 Å². The molecule has 0 aliphatic rings. The standard InChI is InChI=1S/C11H20N2.C2H4O2/c1-3-5-7-11-12-8-10-13(11)9-6-4-2;1-2(3)4/h8,10H,3-7,9H2,1-2H3;1H3,(H,3,4). The molecule has 0 fully saturated rings. The Hall–Kier alpha value is -1.32. The number of carboxylic acids is 1. The van der Waals surface area contributed by atoms with Crippen molar-refractivity contribution in [2.24, 2.45) is 0 Å². The van der Waals surface area contributed by atoms with Crippen LogP contribution in [0.25, 0.3) is 0 Å². The van der Waals surface area contributed by atoms with Crippen molar-refractivity contribution in [2.75, 3.05) is 0 Å². The third-order valence-corrected chi connectivity index (χ3v) is 2.31. The third-order valence-electron chi connectivity index (χ3n) is 2.31. The van der Waals surface area contributed by atoms with Crippen LogP contribution in [-0.2, 0) is 17.8 Å².